The van der Waals surface area contributed by atoms with Crippen molar-refractivity contribution < 1.29 is 21.6 Å². The highest BCUT2D eigenvalue weighted by Crippen LogP contribution is 2.11. The molecule has 1 amide bonds. The number of amides is 1. The molecule has 19 heavy (non-hydrogen) atoms. The minimum Gasteiger partial charge on any atom is -0.339 e. The Labute approximate surface area is 114 Å². The molecule has 0 aromatic heterocycles. The fraction of sp³-hybridized carbons (Fsp3) is 0.900. The topological polar surface area (TPSA) is 91.8 Å². The summed E-state index contributed by atoms with van der Waals surface area (Å²) in [5.74, 6) is -0.434. The van der Waals surface area contributed by atoms with Crippen molar-refractivity contribution in [3.63, 3.8) is 0 Å². The molecule has 0 aromatic rings. The molecule has 1 aliphatic heterocycles. The largest absolute Gasteiger partial charge is 0.339 e. The first-order valence-electron chi connectivity index (χ1n) is 6.05. The second kappa shape index (κ2) is 5.76. The highest BCUT2D eigenvalue weighted by atomic mass is 32.2. The molecule has 7 nitrogen and oxygen atoms in total. The molecule has 9 heteroatoms. The highest BCUT2D eigenvalue weighted by Gasteiger charge is 2.32. The molecule has 1 atom stereocenters. The Balaban J connectivity index is 2.67. The van der Waals surface area contributed by atoms with Gasteiger partial charge in [0.25, 0.3) is 0 Å². The van der Waals surface area contributed by atoms with Crippen LogP contribution in [0.5, 0.6) is 0 Å². The number of piperazine rings is 1. The van der Waals surface area contributed by atoms with Gasteiger partial charge in [-0.2, -0.15) is 4.31 Å². The normalized spacial score (nSPS) is 20.3. The fourth-order valence-electron chi connectivity index (χ4n) is 1.81. The molecule has 1 fully saturated rings. The molecule has 1 rings (SSSR count). The van der Waals surface area contributed by atoms with Crippen molar-refractivity contribution in [2.75, 3.05) is 38.2 Å². The number of hydrogen-bond donors (Lipinski definition) is 0. The summed E-state index contributed by atoms with van der Waals surface area (Å²) in [6.07, 6.45) is 1.02. The number of sulfonamides is 1. The van der Waals surface area contributed by atoms with E-state index in [-0.39, 0.29) is 31.9 Å². The van der Waals surface area contributed by atoms with Crippen molar-refractivity contribution in [1.82, 2.24) is 9.21 Å². The van der Waals surface area contributed by atoms with Gasteiger partial charge in [0.2, 0.25) is 15.9 Å². The van der Waals surface area contributed by atoms with Gasteiger partial charge in [0.1, 0.15) is 5.25 Å². The Morgan fingerprint density at radius 3 is 1.95 bits per heavy atom. The zero-order valence-electron chi connectivity index (χ0n) is 11.4. The first kappa shape index (κ1) is 16.4. The van der Waals surface area contributed by atoms with E-state index in [4.69, 9.17) is 0 Å². The third-order valence-electron chi connectivity index (χ3n) is 3.30. The Hall–Kier alpha value is -0.670. The molecule has 0 radical (unpaired) electrons. The predicted molar refractivity (Wildman–Crippen MR) is 71.9 cm³/mol. The van der Waals surface area contributed by atoms with Crippen molar-refractivity contribution in [3.8, 4) is 0 Å². The average molecular weight is 312 g/mol. The molecule has 0 spiro atoms. The molecule has 1 saturated heterocycles. The van der Waals surface area contributed by atoms with Crippen LogP contribution in [0.2, 0.25) is 0 Å². The van der Waals surface area contributed by atoms with E-state index in [0.717, 1.165) is 6.26 Å². The van der Waals surface area contributed by atoms with Gasteiger partial charge < -0.3 is 4.90 Å². The van der Waals surface area contributed by atoms with Crippen LogP contribution in [0, 0.1) is 0 Å². The van der Waals surface area contributed by atoms with Gasteiger partial charge >= 0.3 is 0 Å². The predicted octanol–water partition coefficient (Wildman–Crippen LogP) is -1.09. The number of nitrogens with zero attached hydrogens (tertiary/aromatic N) is 2. The van der Waals surface area contributed by atoms with Gasteiger partial charge in [0, 0.05) is 32.4 Å². The summed E-state index contributed by atoms with van der Waals surface area (Å²) in [7, 11) is -6.66. The van der Waals surface area contributed by atoms with Crippen molar-refractivity contribution in [1.29, 1.82) is 0 Å². The number of sulfone groups is 1. The summed E-state index contributed by atoms with van der Waals surface area (Å²) >= 11 is 0. The maximum atomic E-state index is 11.9. The molecular weight excluding hydrogens is 292 g/mol. The van der Waals surface area contributed by atoms with E-state index in [0.29, 0.717) is 0 Å². The lowest BCUT2D eigenvalue weighted by Gasteiger charge is -2.34. The molecule has 0 aromatic carbocycles. The summed E-state index contributed by atoms with van der Waals surface area (Å²) in [6.45, 7) is 3.83. The van der Waals surface area contributed by atoms with Crippen LogP contribution in [0.15, 0.2) is 0 Å². The van der Waals surface area contributed by atoms with E-state index >= 15 is 0 Å². The summed E-state index contributed by atoms with van der Waals surface area (Å²) in [5, 5.41) is -1.08. The van der Waals surface area contributed by atoms with E-state index in [1.165, 1.54) is 16.1 Å². The molecular formula is C10H20N2O5S2. The van der Waals surface area contributed by atoms with Gasteiger partial charge in [-0.25, -0.2) is 16.8 Å². The Kier molecular flexibility index (Phi) is 4.97. The molecule has 112 valence electrons. The van der Waals surface area contributed by atoms with E-state index in [9.17, 15) is 21.6 Å². The summed E-state index contributed by atoms with van der Waals surface area (Å²) in [6, 6.07) is 0. The molecule has 1 aliphatic rings. The molecule has 1 heterocycles. The SMILES string of the molecule is CCS(=O)(=O)N1CCN(C(=O)C(C)S(C)(=O)=O)CC1. The lowest BCUT2D eigenvalue weighted by molar-refractivity contribution is -0.131. The summed E-state index contributed by atoms with van der Waals surface area (Å²) < 4.78 is 47.3. The average Bonchev–Trinajstić information content (AvgIpc) is 2.36. The van der Waals surface area contributed by atoms with Crippen LogP contribution in [0.1, 0.15) is 13.8 Å². The monoisotopic (exact) mass is 312 g/mol. The smallest absolute Gasteiger partial charge is 0.240 e. The van der Waals surface area contributed by atoms with Gasteiger partial charge in [-0.05, 0) is 13.8 Å². The first-order valence-corrected chi connectivity index (χ1v) is 9.61. The second-order valence-electron chi connectivity index (χ2n) is 4.60. The Morgan fingerprint density at radius 2 is 1.58 bits per heavy atom. The zero-order valence-corrected chi connectivity index (χ0v) is 13.0. The minimum absolute atomic E-state index is 0.0285. The van der Waals surface area contributed by atoms with E-state index in [1.54, 1.807) is 6.92 Å². The van der Waals surface area contributed by atoms with Crippen LogP contribution in [-0.4, -0.2) is 75.4 Å². The molecule has 0 aliphatic carbocycles. The lowest BCUT2D eigenvalue weighted by Crippen LogP contribution is -2.53. The third kappa shape index (κ3) is 3.90. The van der Waals surface area contributed by atoms with Crippen LogP contribution >= 0.6 is 0 Å². The maximum Gasteiger partial charge on any atom is 0.240 e. The lowest BCUT2D eigenvalue weighted by atomic mass is 10.3. The molecule has 0 saturated carbocycles. The summed E-state index contributed by atoms with van der Waals surface area (Å²) in [4.78, 5) is 13.4. The summed E-state index contributed by atoms with van der Waals surface area (Å²) in [5.41, 5.74) is 0. The zero-order chi connectivity index (χ0) is 14.8. The van der Waals surface area contributed by atoms with Crippen molar-refractivity contribution in [2.24, 2.45) is 0 Å². The highest BCUT2D eigenvalue weighted by molar-refractivity contribution is 7.92. The fourth-order valence-corrected chi connectivity index (χ4v) is 3.41. The van der Waals surface area contributed by atoms with Gasteiger partial charge in [-0.15, -0.1) is 0 Å². The number of carbonyl (C=O) groups is 1. The van der Waals surface area contributed by atoms with Gasteiger partial charge in [0.05, 0.1) is 5.75 Å². The van der Waals surface area contributed by atoms with Gasteiger partial charge in [-0.1, -0.05) is 0 Å². The van der Waals surface area contributed by atoms with Gasteiger partial charge in [0.15, 0.2) is 9.84 Å². The third-order valence-corrected chi connectivity index (χ3v) is 6.67. The molecule has 1 unspecified atom stereocenters. The Bertz CT molecular complexity index is 532. The Morgan fingerprint density at radius 1 is 1.11 bits per heavy atom. The van der Waals surface area contributed by atoms with Crippen LogP contribution in [0.25, 0.3) is 0 Å². The first-order chi connectivity index (χ1) is 8.59. The maximum absolute atomic E-state index is 11.9. The van der Waals surface area contributed by atoms with Crippen LogP contribution in [0.4, 0.5) is 0 Å². The number of hydrogen-bond acceptors (Lipinski definition) is 5. The second-order valence-corrected chi connectivity index (χ2v) is 9.22. The van der Waals surface area contributed by atoms with E-state index < -0.39 is 31.0 Å². The number of rotatable bonds is 4. The van der Waals surface area contributed by atoms with Crippen molar-refractivity contribution >= 4 is 25.8 Å². The van der Waals surface area contributed by atoms with E-state index in [1.807, 2.05) is 0 Å². The molecule has 0 N–H and O–H groups in total. The quantitative estimate of drug-likeness (QED) is 0.658. The van der Waals surface area contributed by atoms with Crippen molar-refractivity contribution in [3.05, 3.63) is 0 Å². The van der Waals surface area contributed by atoms with Gasteiger partial charge in [-0.3, -0.25) is 4.79 Å². The standard InChI is InChI=1S/C10H20N2O5S2/c1-4-19(16,17)12-7-5-11(6-8-12)10(13)9(2)18(3,14)15/h9H,4-8H2,1-3H3. The minimum atomic E-state index is -3.42. The molecule has 0 bridgehead atoms. The number of carbonyl (C=O) groups excluding carboxylic acids is 1. The van der Waals surface area contributed by atoms with E-state index in [2.05, 4.69) is 0 Å². The van der Waals surface area contributed by atoms with Crippen LogP contribution in [0.3, 0.4) is 0 Å². The van der Waals surface area contributed by atoms with Crippen LogP contribution < -0.4 is 0 Å². The van der Waals surface area contributed by atoms with Crippen molar-refractivity contribution in [2.45, 2.75) is 19.1 Å². The van der Waals surface area contributed by atoms with Crippen LogP contribution in [-0.2, 0) is 24.7 Å².